The zero-order chi connectivity index (χ0) is 13.5. The standard InChI is InChI=1S/C16H25NO2/c1-3-17-14-8-6-7-13(14)11-12-19-16-10-5-4-9-15(16)18-2/h4-5,9-10,13-14,17H,3,6-8,11-12H2,1-2H3. The summed E-state index contributed by atoms with van der Waals surface area (Å²) >= 11 is 0. The minimum absolute atomic E-state index is 0.686. The SMILES string of the molecule is CCNC1CCCC1CCOc1ccccc1OC. The van der Waals surface area contributed by atoms with Crippen LogP contribution in [0, 0.1) is 5.92 Å². The molecule has 0 saturated heterocycles. The number of hydrogen-bond donors (Lipinski definition) is 1. The van der Waals surface area contributed by atoms with Crippen molar-refractivity contribution in [2.45, 2.75) is 38.6 Å². The zero-order valence-corrected chi connectivity index (χ0v) is 12.0. The van der Waals surface area contributed by atoms with Crippen LogP contribution in [0.15, 0.2) is 24.3 Å². The van der Waals surface area contributed by atoms with Crippen molar-refractivity contribution in [1.29, 1.82) is 0 Å². The number of ether oxygens (including phenoxy) is 2. The van der Waals surface area contributed by atoms with Crippen LogP contribution in [0.25, 0.3) is 0 Å². The van der Waals surface area contributed by atoms with Gasteiger partial charge in [-0.05, 0) is 43.9 Å². The summed E-state index contributed by atoms with van der Waals surface area (Å²) in [5.41, 5.74) is 0. The fourth-order valence-corrected chi connectivity index (χ4v) is 2.97. The average molecular weight is 263 g/mol. The third kappa shape index (κ3) is 3.87. The Labute approximate surface area is 116 Å². The number of nitrogens with one attached hydrogen (secondary N) is 1. The molecule has 1 fully saturated rings. The van der Waals surface area contributed by atoms with Crippen LogP contribution < -0.4 is 14.8 Å². The van der Waals surface area contributed by atoms with Crippen molar-refractivity contribution in [2.75, 3.05) is 20.3 Å². The summed E-state index contributed by atoms with van der Waals surface area (Å²) in [7, 11) is 1.68. The van der Waals surface area contributed by atoms with Gasteiger partial charge < -0.3 is 14.8 Å². The predicted octanol–water partition coefficient (Wildman–Crippen LogP) is 3.24. The number of benzene rings is 1. The minimum Gasteiger partial charge on any atom is -0.493 e. The lowest BCUT2D eigenvalue weighted by Crippen LogP contribution is -2.32. The second-order valence-corrected chi connectivity index (χ2v) is 5.14. The smallest absolute Gasteiger partial charge is 0.161 e. The number of methoxy groups -OCH3 is 1. The van der Waals surface area contributed by atoms with E-state index in [2.05, 4.69) is 12.2 Å². The molecule has 1 aliphatic rings. The Bertz CT molecular complexity index is 381. The van der Waals surface area contributed by atoms with Gasteiger partial charge in [0.2, 0.25) is 0 Å². The third-order valence-corrected chi connectivity index (χ3v) is 3.94. The van der Waals surface area contributed by atoms with E-state index in [1.165, 1.54) is 19.3 Å². The lowest BCUT2D eigenvalue weighted by Gasteiger charge is -2.20. The van der Waals surface area contributed by atoms with Crippen LogP contribution in [-0.2, 0) is 0 Å². The number of hydrogen-bond acceptors (Lipinski definition) is 3. The van der Waals surface area contributed by atoms with Crippen molar-refractivity contribution < 1.29 is 9.47 Å². The molecule has 2 unspecified atom stereocenters. The Balaban J connectivity index is 1.79. The van der Waals surface area contributed by atoms with E-state index in [-0.39, 0.29) is 0 Å². The zero-order valence-electron chi connectivity index (χ0n) is 12.0. The molecular formula is C16H25NO2. The van der Waals surface area contributed by atoms with Crippen LogP contribution in [0.5, 0.6) is 11.5 Å². The molecule has 0 radical (unpaired) electrons. The molecule has 19 heavy (non-hydrogen) atoms. The molecule has 1 aliphatic carbocycles. The van der Waals surface area contributed by atoms with Crippen molar-refractivity contribution in [3.05, 3.63) is 24.3 Å². The summed E-state index contributed by atoms with van der Waals surface area (Å²) in [4.78, 5) is 0. The summed E-state index contributed by atoms with van der Waals surface area (Å²) in [5.74, 6) is 2.43. The quantitative estimate of drug-likeness (QED) is 0.819. The van der Waals surface area contributed by atoms with Crippen LogP contribution in [0.1, 0.15) is 32.6 Å². The van der Waals surface area contributed by atoms with Gasteiger partial charge in [0.15, 0.2) is 11.5 Å². The van der Waals surface area contributed by atoms with E-state index in [4.69, 9.17) is 9.47 Å². The predicted molar refractivity (Wildman–Crippen MR) is 77.9 cm³/mol. The molecule has 2 rings (SSSR count). The molecule has 1 N–H and O–H groups in total. The maximum atomic E-state index is 5.86. The van der Waals surface area contributed by atoms with Gasteiger partial charge >= 0.3 is 0 Å². The molecule has 1 saturated carbocycles. The first-order chi connectivity index (χ1) is 9.35. The molecule has 1 aromatic rings. The largest absolute Gasteiger partial charge is 0.493 e. The highest BCUT2D eigenvalue weighted by Crippen LogP contribution is 2.30. The Kier molecular flexibility index (Phi) is 5.52. The summed E-state index contributed by atoms with van der Waals surface area (Å²) in [5, 5.41) is 3.59. The highest BCUT2D eigenvalue weighted by molar-refractivity contribution is 5.39. The molecule has 106 valence electrons. The molecule has 0 heterocycles. The van der Waals surface area contributed by atoms with Gasteiger partial charge in [0, 0.05) is 6.04 Å². The molecule has 3 heteroatoms. The first-order valence-electron chi connectivity index (χ1n) is 7.34. The molecule has 1 aromatic carbocycles. The van der Waals surface area contributed by atoms with Crippen molar-refractivity contribution in [2.24, 2.45) is 5.92 Å². The summed E-state index contributed by atoms with van der Waals surface area (Å²) in [6, 6.07) is 8.53. The number of rotatable bonds is 7. The highest BCUT2D eigenvalue weighted by atomic mass is 16.5. The van der Waals surface area contributed by atoms with Crippen LogP contribution in [0.3, 0.4) is 0 Å². The van der Waals surface area contributed by atoms with E-state index in [0.29, 0.717) is 6.04 Å². The lowest BCUT2D eigenvalue weighted by atomic mass is 10.00. The molecule has 0 amide bonds. The molecule has 0 aliphatic heterocycles. The van der Waals surface area contributed by atoms with E-state index < -0.39 is 0 Å². The maximum absolute atomic E-state index is 5.86. The van der Waals surface area contributed by atoms with Gasteiger partial charge in [-0.2, -0.15) is 0 Å². The minimum atomic E-state index is 0.686. The second kappa shape index (κ2) is 7.39. The second-order valence-electron chi connectivity index (χ2n) is 5.14. The first-order valence-corrected chi connectivity index (χ1v) is 7.34. The van der Waals surface area contributed by atoms with E-state index >= 15 is 0 Å². The van der Waals surface area contributed by atoms with Crippen LogP contribution in [-0.4, -0.2) is 26.3 Å². The third-order valence-electron chi connectivity index (χ3n) is 3.94. The summed E-state index contributed by atoms with van der Waals surface area (Å²) in [6.07, 6.45) is 5.10. The fourth-order valence-electron chi connectivity index (χ4n) is 2.97. The van der Waals surface area contributed by atoms with Gasteiger partial charge in [-0.25, -0.2) is 0 Å². The summed E-state index contributed by atoms with van der Waals surface area (Å²) < 4.78 is 11.2. The molecule has 2 atom stereocenters. The van der Waals surface area contributed by atoms with E-state index in [1.54, 1.807) is 7.11 Å². The van der Waals surface area contributed by atoms with Gasteiger partial charge in [0.25, 0.3) is 0 Å². The lowest BCUT2D eigenvalue weighted by molar-refractivity contribution is 0.250. The van der Waals surface area contributed by atoms with Gasteiger partial charge in [-0.15, -0.1) is 0 Å². The Morgan fingerprint density at radius 2 is 2.00 bits per heavy atom. The molecule has 3 nitrogen and oxygen atoms in total. The normalized spacial score (nSPS) is 22.4. The number of para-hydroxylation sites is 2. The molecule has 0 bridgehead atoms. The van der Waals surface area contributed by atoms with Crippen LogP contribution in [0.2, 0.25) is 0 Å². The summed E-state index contributed by atoms with van der Waals surface area (Å²) in [6.45, 7) is 4.02. The fraction of sp³-hybridized carbons (Fsp3) is 0.625. The van der Waals surface area contributed by atoms with E-state index in [1.807, 2.05) is 24.3 Å². The molecule has 0 spiro atoms. The topological polar surface area (TPSA) is 30.5 Å². The van der Waals surface area contributed by atoms with E-state index in [9.17, 15) is 0 Å². The van der Waals surface area contributed by atoms with E-state index in [0.717, 1.165) is 37.0 Å². The maximum Gasteiger partial charge on any atom is 0.161 e. The monoisotopic (exact) mass is 263 g/mol. The van der Waals surface area contributed by atoms with Crippen molar-refractivity contribution in [1.82, 2.24) is 5.32 Å². The van der Waals surface area contributed by atoms with Crippen molar-refractivity contribution in [3.63, 3.8) is 0 Å². The van der Waals surface area contributed by atoms with Crippen LogP contribution in [0.4, 0.5) is 0 Å². The van der Waals surface area contributed by atoms with Gasteiger partial charge in [0.05, 0.1) is 13.7 Å². The van der Waals surface area contributed by atoms with Crippen molar-refractivity contribution in [3.8, 4) is 11.5 Å². The van der Waals surface area contributed by atoms with Gasteiger partial charge in [-0.1, -0.05) is 25.5 Å². The highest BCUT2D eigenvalue weighted by Gasteiger charge is 2.26. The Morgan fingerprint density at radius 1 is 1.21 bits per heavy atom. The van der Waals surface area contributed by atoms with Gasteiger partial charge in [-0.3, -0.25) is 0 Å². The van der Waals surface area contributed by atoms with Crippen LogP contribution >= 0.6 is 0 Å². The Hall–Kier alpha value is -1.22. The van der Waals surface area contributed by atoms with Gasteiger partial charge in [0.1, 0.15) is 0 Å². The van der Waals surface area contributed by atoms with Crippen molar-refractivity contribution >= 4 is 0 Å². The average Bonchev–Trinajstić information content (AvgIpc) is 2.87. The first kappa shape index (κ1) is 14.2. The Morgan fingerprint density at radius 3 is 2.74 bits per heavy atom. The molecule has 0 aromatic heterocycles. The molecular weight excluding hydrogens is 238 g/mol.